The number of thioether (sulfide) groups is 1. The van der Waals surface area contributed by atoms with Gasteiger partial charge in [-0.25, -0.2) is 0 Å². The standard InChI is InChI=1S/C12H20N4S/c1-8(2)11-7-17-12(15-11)14-10-5-13-16(6-10)9(3)4/h5-6,8-9,11H,7H2,1-4H3,(H,14,15). The van der Waals surface area contributed by atoms with Crippen LogP contribution < -0.4 is 5.32 Å². The van der Waals surface area contributed by atoms with Crippen LogP contribution in [0.5, 0.6) is 0 Å². The van der Waals surface area contributed by atoms with Gasteiger partial charge in [0.15, 0.2) is 5.17 Å². The Morgan fingerprint density at radius 1 is 1.41 bits per heavy atom. The summed E-state index contributed by atoms with van der Waals surface area (Å²) in [7, 11) is 0. The minimum absolute atomic E-state index is 0.395. The van der Waals surface area contributed by atoms with E-state index in [9.17, 15) is 0 Å². The zero-order valence-corrected chi connectivity index (χ0v) is 11.7. The van der Waals surface area contributed by atoms with Crippen molar-refractivity contribution in [3.8, 4) is 0 Å². The molecular formula is C12H20N4S. The van der Waals surface area contributed by atoms with Gasteiger partial charge in [-0.15, -0.1) is 0 Å². The number of aromatic nitrogens is 2. The SMILES string of the molecule is CC(C)C1CSC(Nc2cnn(C(C)C)c2)=N1. The molecule has 0 amide bonds. The van der Waals surface area contributed by atoms with Crippen LogP contribution in [0.4, 0.5) is 5.69 Å². The lowest BCUT2D eigenvalue weighted by atomic mass is 10.1. The third-order valence-corrected chi connectivity index (χ3v) is 3.81. The topological polar surface area (TPSA) is 42.2 Å². The molecule has 4 nitrogen and oxygen atoms in total. The Labute approximate surface area is 107 Å². The Balaban J connectivity index is 1.99. The average Bonchev–Trinajstić information content (AvgIpc) is 2.87. The highest BCUT2D eigenvalue weighted by Crippen LogP contribution is 2.24. The molecule has 1 aliphatic heterocycles. The molecule has 1 unspecified atom stereocenters. The van der Waals surface area contributed by atoms with Crippen LogP contribution in [0.3, 0.4) is 0 Å². The largest absolute Gasteiger partial charge is 0.332 e. The van der Waals surface area contributed by atoms with Gasteiger partial charge in [-0.3, -0.25) is 9.67 Å². The van der Waals surface area contributed by atoms with E-state index in [-0.39, 0.29) is 0 Å². The number of aliphatic imine (C=N–C) groups is 1. The summed E-state index contributed by atoms with van der Waals surface area (Å²) < 4.78 is 1.95. The molecule has 0 aromatic carbocycles. The predicted octanol–water partition coefficient (Wildman–Crippen LogP) is 3.00. The van der Waals surface area contributed by atoms with Crippen molar-refractivity contribution in [1.82, 2.24) is 9.78 Å². The van der Waals surface area contributed by atoms with Gasteiger partial charge in [-0.1, -0.05) is 25.6 Å². The lowest BCUT2D eigenvalue weighted by Gasteiger charge is -2.07. The van der Waals surface area contributed by atoms with Gasteiger partial charge in [-0.2, -0.15) is 5.10 Å². The molecule has 0 bridgehead atoms. The molecule has 1 atom stereocenters. The molecule has 17 heavy (non-hydrogen) atoms. The summed E-state index contributed by atoms with van der Waals surface area (Å²) in [5.74, 6) is 1.69. The summed E-state index contributed by atoms with van der Waals surface area (Å²) in [6.07, 6.45) is 3.88. The minimum Gasteiger partial charge on any atom is -0.332 e. The van der Waals surface area contributed by atoms with E-state index in [1.807, 2.05) is 17.1 Å². The predicted molar refractivity (Wildman–Crippen MR) is 74.8 cm³/mol. The molecule has 2 heterocycles. The second-order valence-corrected chi connectivity index (χ2v) is 5.99. The third-order valence-electron chi connectivity index (χ3n) is 2.83. The van der Waals surface area contributed by atoms with Crippen molar-refractivity contribution < 1.29 is 0 Å². The lowest BCUT2D eigenvalue weighted by Crippen LogP contribution is -2.12. The van der Waals surface area contributed by atoms with E-state index in [4.69, 9.17) is 0 Å². The maximum atomic E-state index is 4.67. The Bertz CT molecular complexity index is 408. The highest BCUT2D eigenvalue weighted by molar-refractivity contribution is 8.14. The monoisotopic (exact) mass is 252 g/mol. The van der Waals surface area contributed by atoms with E-state index in [1.54, 1.807) is 11.8 Å². The van der Waals surface area contributed by atoms with E-state index in [0.29, 0.717) is 18.0 Å². The van der Waals surface area contributed by atoms with E-state index >= 15 is 0 Å². The first-order chi connectivity index (χ1) is 8.06. The van der Waals surface area contributed by atoms with Crippen LogP contribution in [0.15, 0.2) is 17.4 Å². The fraction of sp³-hybridized carbons (Fsp3) is 0.667. The minimum atomic E-state index is 0.395. The summed E-state index contributed by atoms with van der Waals surface area (Å²) in [6.45, 7) is 8.67. The summed E-state index contributed by atoms with van der Waals surface area (Å²) in [6, 6.07) is 0.842. The van der Waals surface area contributed by atoms with Crippen LogP contribution >= 0.6 is 11.8 Å². The quantitative estimate of drug-likeness (QED) is 0.899. The van der Waals surface area contributed by atoms with Crippen molar-refractivity contribution >= 4 is 22.6 Å². The smallest absolute Gasteiger partial charge is 0.161 e. The van der Waals surface area contributed by atoms with Gasteiger partial charge in [0.25, 0.3) is 0 Å². The van der Waals surface area contributed by atoms with Crippen molar-refractivity contribution in [1.29, 1.82) is 0 Å². The van der Waals surface area contributed by atoms with E-state index in [1.165, 1.54) is 0 Å². The van der Waals surface area contributed by atoms with Crippen LogP contribution in [-0.4, -0.2) is 26.7 Å². The van der Waals surface area contributed by atoms with E-state index < -0.39 is 0 Å². The van der Waals surface area contributed by atoms with Crippen LogP contribution in [0.2, 0.25) is 0 Å². The highest BCUT2D eigenvalue weighted by atomic mass is 32.2. The van der Waals surface area contributed by atoms with Crippen molar-refractivity contribution in [3.63, 3.8) is 0 Å². The molecule has 0 fully saturated rings. The van der Waals surface area contributed by atoms with Crippen LogP contribution in [-0.2, 0) is 0 Å². The molecule has 0 radical (unpaired) electrons. The first-order valence-corrected chi connectivity index (χ1v) is 7.06. The number of hydrogen-bond acceptors (Lipinski definition) is 4. The van der Waals surface area contributed by atoms with Crippen LogP contribution in [0.1, 0.15) is 33.7 Å². The summed E-state index contributed by atoms with van der Waals surface area (Å²) in [4.78, 5) is 4.67. The number of hydrogen-bond donors (Lipinski definition) is 1. The first-order valence-electron chi connectivity index (χ1n) is 6.08. The molecule has 0 saturated heterocycles. The molecule has 0 saturated carbocycles. The first kappa shape index (κ1) is 12.5. The lowest BCUT2D eigenvalue weighted by molar-refractivity contribution is 0.532. The van der Waals surface area contributed by atoms with E-state index in [0.717, 1.165) is 16.6 Å². The summed E-state index contributed by atoms with van der Waals surface area (Å²) in [5, 5.41) is 8.65. The van der Waals surface area contributed by atoms with Gasteiger partial charge in [0.2, 0.25) is 0 Å². The Hall–Kier alpha value is -0.970. The fourth-order valence-electron chi connectivity index (χ4n) is 1.61. The van der Waals surface area contributed by atoms with Gasteiger partial charge in [-0.05, 0) is 19.8 Å². The molecule has 94 valence electrons. The van der Waals surface area contributed by atoms with Gasteiger partial charge >= 0.3 is 0 Å². The molecule has 1 aromatic heterocycles. The zero-order chi connectivity index (χ0) is 12.4. The molecule has 1 aromatic rings. The molecule has 5 heteroatoms. The maximum Gasteiger partial charge on any atom is 0.161 e. The number of anilines is 1. The average molecular weight is 252 g/mol. The molecule has 1 aliphatic rings. The molecule has 0 aliphatic carbocycles. The Kier molecular flexibility index (Phi) is 3.76. The highest BCUT2D eigenvalue weighted by Gasteiger charge is 2.21. The molecule has 2 rings (SSSR count). The van der Waals surface area contributed by atoms with Crippen molar-refractivity contribution in [2.24, 2.45) is 10.9 Å². The molecule has 0 spiro atoms. The summed E-state index contributed by atoms with van der Waals surface area (Å²) in [5.41, 5.74) is 1.02. The maximum absolute atomic E-state index is 4.67. The van der Waals surface area contributed by atoms with Crippen LogP contribution in [0.25, 0.3) is 0 Å². The summed E-state index contributed by atoms with van der Waals surface area (Å²) >= 11 is 1.79. The second-order valence-electron chi connectivity index (χ2n) is 4.98. The number of nitrogens with zero attached hydrogens (tertiary/aromatic N) is 3. The van der Waals surface area contributed by atoms with E-state index in [2.05, 4.69) is 43.1 Å². The van der Waals surface area contributed by atoms with Gasteiger partial charge in [0, 0.05) is 18.0 Å². The number of rotatable bonds is 3. The van der Waals surface area contributed by atoms with Crippen molar-refractivity contribution in [2.75, 3.05) is 11.1 Å². The Morgan fingerprint density at radius 2 is 2.18 bits per heavy atom. The van der Waals surface area contributed by atoms with Crippen LogP contribution in [0, 0.1) is 5.92 Å². The third kappa shape index (κ3) is 3.03. The zero-order valence-electron chi connectivity index (χ0n) is 10.8. The van der Waals surface area contributed by atoms with Crippen molar-refractivity contribution in [2.45, 2.75) is 39.8 Å². The molecule has 1 N–H and O–H groups in total. The fourth-order valence-corrected chi connectivity index (χ4v) is 2.80. The number of nitrogens with one attached hydrogen (secondary N) is 1. The van der Waals surface area contributed by atoms with Crippen molar-refractivity contribution in [3.05, 3.63) is 12.4 Å². The Morgan fingerprint density at radius 3 is 2.71 bits per heavy atom. The van der Waals surface area contributed by atoms with Gasteiger partial charge in [0.1, 0.15) is 0 Å². The second kappa shape index (κ2) is 5.12. The van der Waals surface area contributed by atoms with Gasteiger partial charge < -0.3 is 5.32 Å². The molecular weight excluding hydrogens is 232 g/mol. The number of amidine groups is 1. The normalized spacial score (nSPS) is 20.1. The van der Waals surface area contributed by atoms with Gasteiger partial charge in [0.05, 0.1) is 17.9 Å².